The van der Waals surface area contributed by atoms with Crippen molar-refractivity contribution < 1.29 is 0 Å². The molecule has 0 radical (unpaired) electrons. The molecule has 0 spiro atoms. The minimum absolute atomic E-state index is 0.645. The van der Waals surface area contributed by atoms with Gasteiger partial charge in [0.2, 0.25) is 5.65 Å². The van der Waals surface area contributed by atoms with Crippen LogP contribution in [0.15, 0.2) is 18.3 Å². The van der Waals surface area contributed by atoms with Crippen LogP contribution in [0.3, 0.4) is 0 Å². The molecule has 0 N–H and O–H groups in total. The molecule has 4 heteroatoms. The summed E-state index contributed by atoms with van der Waals surface area (Å²) in [7, 11) is 0. The highest BCUT2D eigenvalue weighted by molar-refractivity contribution is 5.68. The van der Waals surface area contributed by atoms with Crippen LogP contribution < -0.4 is 0 Å². The van der Waals surface area contributed by atoms with Crippen molar-refractivity contribution in [3.05, 3.63) is 18.3 Å². The molecule has 92 valence electrons. The van der Waals surface area contributed by atoms with Gasteiger partial charge >= 0.3 is 0 Å². The van der Waals surface area contributed by atoms with Crippen molar-refractivity contribution in [1.29, 1.82) is 0 Å². The van der Waals surface area contributed by atoms with E-state index in [4.69, 9.17) is 0 Å². The summed E-state index contributed by atoms with van der Waals surface area (Å²) in [6.45, 7) is 5.45. The van der Waals surface area contributed by atoms with Crippen LogP contribution in [0.4, 0.5) is 0 Å². The molecule has 0 saturated carbocycles. The number of rotatable bonds is 6. The van der Waals surface area contributed by atoms with Crippen molar-refractivity contribution in [2.24, 2.45) is 5.92 Å². The second-order valence-corrected chi connectivity index (χ2v) is 4.72. The largest absolute Gasteiger partial charge is 0.243 e. The molecule has 1 atom stereocenters. The van der Waals surface area contributed by atoms with Crippen molar-refractivity contribution in [1.82, 2.24) is 20.0 Å². The van der Waals surface area contributed by atoms with Gasteiger partial charge in [-0.3, -0.25) is 0 Å². The highest BCUT2D eigenvalue weighted by atomic mass is 15.4. The molecule has 0 bridgehead atoms. The molecule has 0 aliphatic carbocycles. The summed E-state index contributed by atoms with van der Waals surface area (Å²) >= 11 is 0. The molecular weight excluding hydrogens is 212 g/mol. The lowest BCUT2D eigenvalue weighted by atomic mass is 10.0. The van der Waals surface area contributed by atoms with Crippen LogP contribution in [-0.2, 0) is 6.54 Å². The Labute approximate surface area is 102 Å². The van der Waals surface area contributed by atoms with E-state index >= 15 is 0 Å². The lowest BCUT2D eigenvalue weighted by Crippen LogP contribution is -2.09. The number of hydrogen-bond acceptors (Lipinski definition) is 3. The third kappa shape index (κ3) is 3.02. The van der Waals surface area contributed by atoms with E-state index in [0.717, 1.165) is 17.7 Å². The van der Waals surface area contributed by atoms with Crippen molar-refractivity contribution in [2.75, 3.05) is 0 Å². The molecular formula is C13H20N4. The van der Waals surface area contributed by atoms with Crippen LogP contribution in [0, 0.1) is 5.92 Å². The Morgan fingerprint density at radius 2 is 2.24 bits per heavy atom. The van der Waals surface area contributed by atoms with Crippen molar-refractivity contribution in [2.45, 2.75) is 46.1 Å². The summed E-state index contributed by atoms with van der Waals surface area (Å²) < 4.78 is 1.97. The van der Waals surface area contributed by atoms with E-state index in [0.29, 0.717) is 5.92 Å². The fraction of sp³-hybridized carbons (Fsp3) is 0.615. The summed E-state index contributed by atoms with van der Waals surface area (Å²) in [5.74, 6) is 0.645. The second-order valence-electron chi connectivity index (χ2n) is 4.72. The van der Waals surface area contributed by atoms with E-state index in [1.807, 2.05) is 16.8 Å². The molecule has 0 aliphatic heterocycles. The van der Waals surface area contributed by atoms with Crippen LogP contribution >= 0.6 is 0 Å². The SMILES string of the molecule is CCCCCC(C)Cn1nnc2ncccc21. The molecule has 0 amide bonds. The lowest BCUT2D eigenvalue weighted by Gasteiger charge is -2.10. The number of pyridine rings is 1. The van der Waals surface area contributed by atoms with Crippen LogP contribution in [-0.4, -0.2) is 20.0 Å². The molecule has 2 heterocycles. The van der Waals surface area contributed by atoms with Gasteiger partial charge in [-0.05, 0) is 24.5 Å². The van der Waals surface area contributed by atoms with Crippen molar-refractivity contribution in [3.8, 4) is 0 Å². The zero-order valence-corrected chi connectivity index (χ0v) is 10.6. The average Bonchev–Trinajstić information content (AvgIpc) is 2.73. The fourth-order valence-corrected chi connectivity index (χ4v) is 2.08. The summed E-state index contributed by atoms with van der Waals surface area (Å²) in [5.41, 5.74) is 1.78. The second kappa shape index (κ2) is 5.75. The van der Waals surface area contributed by atoms with E-state index in [-0.39, 0.29) is 0 Å². The fourth-order valence-electron chi connectivity index (χ4n) is 2.08. The van der Waals surface area contributed by atoms with Gasteiger partial charge in [-0.25, -0.2) is 9.67 Å². The van der Waals surface area contributed by atoms with Crippen LogP contribution in [0.1, 0.15) is 39.5 Å². The monoisotopic (exact) mass is 232 g/mol. The first-order valence-corrected chi connectivity index (χ1v) is 6.45. The lowest BCUT2D eigenvalue weighted by molar-refractivity contribution is 0.409. The minimum atomic E-state index is 0.645. The number of fused-ring (bicyclic) bond motifs is 1. The first kappa shape index (κ1) is 12.0. The Morgan fingerprint density at radius 1 is 1.35 bits per heavy atom. The summed E-state index contributed by atoms with van der Waals surface area (Å²) in [5, 5.41) is 8.24. The van der Waals surface area contributed by atoms with Crippen LogP contribution in [0.25, 0.3) is 11.2 Å². The first-order chi connectivity index (χ1) is 8.31. The maximum absolute atomic E-state index is 4.19. The van der Waals surface area contributed by atoms with Gasteiger partial charge in [-0.15, -0.1) is 5.10 Å². The van der Waals surface area contributed by atoms with Crippen molar-refractivity contribution >= 4 is 11.2 Å². The van der Waals surface area contributed by atoms with Gasteiger partial charge in [-0.1, -0.05) is 38.3 Å². The Bertz CT molecular complexity index is 463. The van der Waals surface area contributed by atoms with Crippen LogP contribution in [0.5, 0.6) is 0 Å². The summed E-state index contributed by atoms with van der Waals surface area (Å²) in [6, 6.07) is 3.96. The van der Waals surface area contributed by atoms with Gasteiger partial charge in [0, 0.05) is 12.7 Å². The molecule has 4 nitrogen and oxygen atoms in total. The van der Waals surface area contributed by atoms with Gasteiger partial charge in [0.25, 0.3) is 0 Å². The topological polar surface area (TPSA) is 43.6 Å². The number of hydrogen-bond donors (Lipinski definition) is 0. The average molecular weight is 232 g/mol. The van der Waals surface area contributed by atoms with E-state index in [2.05, 4.69) is 29.1 Å². The molecule has 2 rings (SSSR count). The quantitative estimate of drug-likeness (QED) is 0.719. The maximum atomic E-state index is 4.19. The predicted molar refractivity (Wildman–Crippen MR) is 68.6 cm³/mol. The van der Waals surface area contributed by atoms with Gasteiger partial charge in [0.05, 0.1) is 0 Å². The molecule has 1 unspecified atom stereocenters. The van der Waals surface area contributed by atoms with Gasteiger partial charge in [-0.2, -0.15) is 0 Å². The minimum Gasteiger partial charge on any atom is -0.243 e. The Kier molecular flexibility index (Phi) is 4.07. The smallest absolute Gasteiger partial charge is 0.201 e. The zero-order valence-electron chi connectivity index (χ0n) is 10.6. The molecule has 0 fully saturated rings. The zero-order chi connectivity index (χ0) is 12.1. The van der Waals surface area contributed by atoms with Gasteiger partial charge < -0.3 is 0 Å². The molecule has 0 saturated heterocycles. The van der Waals surface area contributed by atoms with Gasteiger partial charge in [0.1, 0.15) is 5.52 Å². The highest BCUT2D eigenvalue weighted by Crippen LogP contribution is 2.14. The van der Waals surface area contributed by atoms with Crippen molar-refractivity contribution in [3.63, 3.8) is 0 Å². The molecule has 17 heavy (non-hydrogen) atoms. The van der Waals surface area contributed by atoms with E-state index < -0.39 is 0 Å². The molecule has 2 aromatic heterocycles. The third-order valence-corrected chi connectivity index (χ3v) is 3.08. The summed E-state index contributed by atoms with van der Waals surface area (Å²) in [4.78, 5) is 4.19. The third-order valence-electron chi connectivity index (χ3n) is 3.08. The standard InChI is InChI=1S/C13H20N4/c1-3-4-5-7-11(2)10-17-12-8-6-9-14-13(12)15-16-17/h6,8-9,11H,3-5,7,10H2,1-2H3. The van der Waals surface area contributed by atoms with E-state index in [9.17, 15) is 0 Å². The van der Waals surface area contributed by atoms with E-state index in [1.165, 1.54) is 25.7 Å². The number of aromatic nitrogens is 4. The Hall–Kier alpha value is -1.45. The van der Waals surface area contributed by atoms with Gasteiger partial charge in [0.15, 0.2) is 0 Å². The summed E-state index contributed by atoms with van der Waals surface area (Å²) in [6.07, 6.45) is 6.93. The molecule has 0 aromatic carbocycles. The Balaban J connectivity index is 1.98. The molecule has 0 aliphatic rings. The molecule has 2 aromatic rings. The first-order valence-electron chi connectivity index (χ1n) is 6.45. The van der Waals surface area contributed by atoms with E-state index in [1.54, 1.807) is 6.20 Å². The Morgan fingerprint density at radius 3 is 3.06 bits per heavy atom. The van der Waals surface area contributed by atoms with Crippen LogP contribution in [0.2, 0.25) is 0 Å². The number of unbranched alkanes of at least 4 members (excludes halogenated alkanes) is 2. The maximum Gasteiger partial charge on any atom is 0.201 e. The predicted octanol–water partition coefficient (Wildman–Crippen LogP) is 3.04. The number of nitrogens with zero attached hydrogens (tertiary/aromatic N) is 4. The highest BCUT2D eigenvalue weighted by Gasteiger charge is 2.08. The normalized spacial score (nSPS) is 13.1.